The molecule has 1 atom stereocenters. The van der Waals surface area contributed by atoms with Crippen LogP contribution in [0.2, 0.25) is 0 Å². The highest BCUT2D eigenvalue weighted by atomic mass is 16.4. The van der Waals surface area contributed by atoms with Crippen molar-refractivity contribution in [3.8, 4) is 0 Å². The lowest BCUT2D eigenvalue weighted by molar-refractivity contribution is -0.137. The van der Waals surface area contributed by atoms with E-state index in [0.717, 1.165) is 25.3 Å². The summed E-state index contributed by atoms with van der Waals surface area (Å²) >= 11 is 0. The monoisotopic (exact) mass is 199 g/mol. The van der Waals surface area contributed by atoms with Gasteiger partial charge in [0.2, 0.25) is 0 Å². The van der Waals surface area contributed by atoms with Gasteiger partial charge in [-0.3, -0.25) is 4.79 Å². The predicted molar refractivity (Wildman–Crippen MR) is 56.3 cm³/mol. The van der Waals surface area contributed by atoms with Gasteiger partial charge in [0.15, 0.2) is 0 Å². The van der Waals surface area contributed by atoms with Gasteiger partial charge in [-0.1, -0.05) is 13.8 Å². The molecule has 0 aliphatic carbocycles. The van der Waals surface area contributed by atoms with E-state index in [1.165, 1.54) is 13.1 Å². The minimum Gasteiger partial charge on any atom is -0.481 e. The normalized spacial score (nSPS) is 20.4. The van der Waals surface area contributed by atoms with Crippen LogP contribution in [-0.4, -0.2) is 35.6 Å². The molecule has 1 fully saturated rings. The minimum absolute atomic E-state index is 0.317. The highest BCUT2D eigenvalue weighted by Gasteiger charge is 2.21. The molecule has 82 valence electrons. The van der Waals surface area contributed by atoms with Crippen molar-refractivity contribution in [2.45, 2.75) is 33.1 Å². The summed E-state index contributed by atoms with van der Waals surface area (Å²) < 4.78 is 0. The Bertz CT molecular complexity index is 188. The van der Waals surface area contributed by atoms with Crippen LogP contribution in [0.5, 0.6) is 0 Å². The van der Waals surface area contributed by atoms with E-state index in [1.807, 2.05) is 0 Å². The molecule has 0 aromatic carbocycles. The maximum absolute atomic E-state index is 10.3. The SMILES string of the molecule is CC(CCC(=O)O)CCN1CC(C)C1. The molecule has 1 aliphatic rings. The Morgan fingerprint density at radius 2 is 2.14 bits per heavy atom. The standard InChI is InChI=1S/C11H21NO2/c1-9(3-4-11(13)14)5-6-12-7-10(2)8-12/h9-10H,3-8H2,1-2H3,(H,13,14). The summed E-state index contributed by atoms with van der Waals surface area (Å²) in [6.45, 7) is 8.01. The first-order valence-corrected chi connectivity index (χ1v) is 5.52. The van der Waals surface area contributed by atoms with Crippen LogP contribution in [0.4, 0.5) is 0 Å². The van der Waals surface area contributed by atoms with Gasteiger partial charge in [0.05, 0.1) is 0 Å². The number of aliphatic carboxylic acids is 1. The fourth-order valence-corrected chi connectivity index (χ4v) is 1.93. The zero-order valence-corrected chi connectivity index (χ0v) is 9.20. The average Bonchev–Trinajstić information content (AvgIpc) is 2.07. The number of carbonyl (C=O) groups is 1. The van der Waals surface area contributed by atoms with Gasteiger partial charge in [0, 0.05) is 19.5 Å². The van der Waals surface area contributed by atoms with E-state index >= 15 is 0 Å². The number of rotatable bonds is 6. The van der Waals surface area contributed by atoms with Gasteiger partial charge in [-0.25, -0.2) is 0 Å². The Labute approximate surface area is 86.1 Å². The van der Waals surface area contributed by atoms with E-state index in [4.69, 9.17) is 5.11 Å². The second-order valence-electron chi connectivity index (χ2n) is 4.69. The number of likely N-dealkylation sites (tertiary alicyclic amines) is 1. The van der Waals surface area contributed by atoms with Crippen LogP contribution in [0.25, 0.3) is 0 Å². The topological polar surface area (TPSA) is 40.5 Å². The van der Waals surface area contributed by atoms with Crippen LogP contribution in [0.1, 0.15) is 33.1 Å². The summed E-state index contributed by atoms with van der Waals surface area (Å²) in [5, 5.41) is 8.52. The van der Waals surface area contributed by atoms with Gasteiger partial charge in [-0.05, 0) is 31.2 Å². The Hall–Kier alpha value is -0.570. The molecule has 0 amide bonds. The molecule has 1 heterocycles. The fraction of sp³-hybridized carbons (Fsp3) is 0.909. The molecule has 0 aromatic rings. The lowest BCUT2D eigenvalue weighted by atomic mass is 9.98. The van der Waals surface area contributed by atoms with Crippen molar-refractivity contribution in [1.29, 1.82) is 0 Å². The first-order chi connectivity index (χ1) is 6.58. The third-order valence-electron chi connectivity index (χ3n) is 2.93. The Balaban J connectivity index is 1.98. The summed E-state index contributed by atoms with van der Waals surface area (Å²) in [7, 11) is 0. The molecular formula is C11H21NO2. The van der Waals surface area contributed by atoms with Crippen molar-refractivity contribution < 1.29 is 9.90 Å². The van der Waals surface area contributed by atoms with Crippen LogP contribution in [-0.2, 0) is 4.79 Å². The number of nitrogens with zero attached hydrogens (tertiary/aromatic N) is 1. The van der Waals surface area contributed by atoms with Crippen molar-refractivity contribution in [3.63, 3.8) is 0 Å². The van der Waals surface area contributed by atoms with Gasteiger partial charge >= 0.3 is 5.97 Å². The van der Waals surface area contributed by atoms with Crippen molar-refractivity contribution in [1.82, 2.24) is 4.90 Å². The zero-order valence-electron chi connectivity index (χ0n) is 9.20. The molecule has 3 heteroatoms. The fourth-order valence-electron chi connectivity index (χ4n) is 1.93. The number of hydrogen-bond donors (Lipinski definition) is 1. The average molecular weight is 199 g/mol. The third-order valence-corrected chi connectivity index (χ3v) is 2.93. The quantitative estimate of drug-likeness (QED) is 0.709. The molecule has 1 N–H and O–H groups in total. The van der Waals surface area contributed by atoms with Crippen molar-refractivity contribution in [3.05, 3.63) is 0 Å². The van der Waals surface area contributed by atoms with E-state index in [0.29, 0.717) is 12.3 Å². The summed E-state index contributed by atoms with van der Waals surface area (Å²) in [6.07, 6.45) is 2.27. The lowest BCUT2D eigenvalue weighted by Crippen LogP contribution is -2.45. The van der Waals surface area contributed by atoms with Gasteiger partial charge in [-0.15, -0.1) is 0 Å². The second kappa shape index (κ2) is 5.35. The molecule has 0 radical (unpaired) electrons. The smallest absolute Gasteiger partial charge is 0.303 e. The second-order valence-corrected chi connectivity index (χ2v) is 4.69. The van der Waals surface area contributed by atoms with Crippen molar-refractivity contribution >= 4 is 5.97 Å². The van der Waals surface area contributed by atoms with Gasteiger partial charge in [0.1, 0.15) is 0 Å². The summed E-state index contributed by atoms with van der Waals surface area (Å²) in [5.74, 6) is 0.737. The van der Waals surface area contributed by atoms with Crippen LogP contribution in [0.3, 0.4) is 0 Å². The molecule has 0 aromatic heterocycles. The molecule has 1 saturated heterocycles. The van der Waals surface area contributed by atoms with Gasteiger partial charge < -0.3 is 10.0 Å². The van der Waals surface area contributed by atoms with E-state index in [2.05, 4.69) is 18.7 Å². The largest absolute Gasteiger partial charge is 0.481 e. The molecule has 1 rings (SSSR count). The maximum atomic E-state index is 10.3. The number of carboxylic acid groups (broad SMARTS) is 1. The maximum Gasteiger partial charge on any atom is 0.303 e. The van der Waals surface area contributed by atoms with E-state index < -0.39 is 5.97 Å². The number of carboxylic acids is 1. The summed E-state index contributed by atoms with van der Waals surface area (Å²) in [6, 6.07) is 0. The molecule has 1 aliphatic heterocycles. The summed E-state index contributed by atoms with van der Waals surface area (Å²) in [5.41, 5.74) is 0. The molecule has 3 nitrogen and oxygen atoms in total. The Morgan fingerprint density at radius 1 is 1.50 bits per heavy atom. The molecule has 0 spiro atoms. The predicted octanol–water partition coefficient (Wildman–Crippen LogP) is 1.83. The van der Waals surface area contributed by atoms with Crippen LogP contribution in [0, 0.1) is 11.8 Å². The molecule has 0 saturated carbocycles. The Kier molecular flexibility index (Phi) is 4.39. The van der Waals surface area contributed by atoms with Gasteiger partial charge in [-0.2, -0.15) is 0 Å². The molecule has 1 unspecified atom stereocenters. The zero-order chi connectivity index (χ0) is 10.6. The third kappa shape index (κ3) is 4.09. The highest BCUT2D eigenvalue weighted by molar-refractivity contribution is 5.66. The van der Waals surface area contributed by atoms with E-state index in [-0.39, 0.29) is 0 Å². The molecule has 14 heavy (non-hydrogen) atoms. The number of hydrogen-bond acceptors (Lipinski definition) is 2. The van der Waals surface area contributed by atoms with Crippen molar-refractivity contribution in [2.75, 3.05) is 19.6 Å². The first kappa shape index (κ1) is 11.5. The highest BCUT2D eigenvalue weighted by Crippen LogP contribution is 2.17. The van der Waals surface area contributed by atoms with E-state index in [9.17, 15) is 4.79 Å². The van der Waals surface area contributed by atoms with Crippen LogP contribution >= 0.6 is 0 Å². The minimum atomic E-state index is -0.672. The molecule has 0 bridgehead atoms. The summed E-state index contributed by atoms with van der Waals surface area (Å²) in [4.78, 5) is 12.8. The van der Waals surface area contributed by atoms with Gasteiger partial charge in [0.25, 0.3) is 0 Å². The lowest BCUT2D eigenvalue weighted by Gasteiger charge is -2.37. The first-order valence-electron chi connectivity index (χ1n) is 5.52. The van der Waals surface area contributed by atoms with Crippen LogP contribution in [0.15, 0.2) is 0 Å². The van der Waals surface area contributed by atoms with Crippen LogP contribution < -0.4 is 0 Å². The van der Waals surface area contributed by atoms with E-state index in [1.54, 1.807) is 0 Å². The molecular weight excluding hydrogens is 178 g/mol. The Morgan fingerprint density at radius 3 is 2.64 bits per heavy atom. The van der Waals surface area contributed by atoms with Crippen molar-refractivity contribution in [2.24, 2.45) is 11.8 Å².